The third-order valence-electron chi connectivity index (χ3n) is 3.24. The largest absolute Gasteiger partial charge is 0.380 e. The molecular formula is C16H15N3O. The van der Waals surface area contributed by atoms with Crippen LogP contribution >= 0.6 is 0 Å². The molecule has 4 nitrogen and oxygen atoms in total. The number of hydrogen-bond donors (Lipinski definition) is 1. The molecule has 0 spiro atoms. The zero-order valence-corrected chi connectivity index (χ0v) is 11.0. The summed E-state index contributed by atoms with van der Waals surface area (Å²) >= 11 is 0. The van der Waals surface area contributed by atoms with Crippen molar-refractivity contribution in [3.63, 3.8) is 0 Å². The van der Waals surface area contributed by atoms with E-state index >= 15 is 0 Å². The molecule has 0 unspecified atom stereocenters. The fourth-order valence-corrected chi connectivity index (χ4v) is 2.24. The summed E-state index contributed by atoms with van der Waals surface area (Å²) in [6, 6.07) is 14.1. The van der Waals surface area contributed by atoms with Gasteiger partial charge in [0.05, 0.1) is 5.56 Å². The Labute approximate surface area is 117 Å². The van der Waals surface area contributed by atoms with Gasteiger partial charge in [0, 0.05) is 18.8 Å². The highest BCUT2D eigenvalue weighted by Crippen LogP contribution is 2.29. The highest BCUT2D eigenvalue weighted by atomic mass is 16.5. The van der Waals surface area contributed by atoms with Crippen molar-refractivity contribution in [1.29, 1.82) is 0 Å². The minimum atomic E-state index is 0.430. The summed E-state index contributed by atoms with van der Waals surface area (Å²) in [5, 5.41) is 3.89. The fraction of sp³-hybridized carbons (Fsp3) is 0.125. The number of hydrogen-bond acceptors (Lipinski definition) is 4. The molecule has 2 heterocycles. The van der Waals surface area contributed by atoms with Crippen LogP contribution in [0.5, 0.6) is 0 Å². The smallest absolute Gasteiger partial charge is 0.175 e. The second-order valence-electron chi connectivity index (χ2n) is 4.59. The van der Waals surface area contributed by atoms with Gasteiger partial charge in [-0.2, -0.15) is 0 Å². The molecule has 0 saturated carbocycles. The van der Waals surface area contributed by atoms with Gasteiger partial charge in [0.15, 0.2) is 5.82 Å². The third kappa shape index (κ3) is 2.54. The minimum Gasteiger partial charge on any atom is -0.380 e. The van der Waals surface area contributed by atoms with Crippen molar-refractivity contribution in [3.8, 4) is 11.1 Å². The molecule has 4 heteroatoms. The molecule has 2 aromatic heterocycles. The van der Waals surface area contributed by atoms with Crippen LogP contribution in [0.4, 0.5) is 5.82 Å². The molecule has 0 atom stereocenters. The van der Waals surface area contributed by atoms with Crippen LogP contribution < -0.4 is 5.73 Å². The van der Waals surface area contributed by atoms with E-state index in [0.717, 1.165) is 29.7 Å². The summed E-state index contributed by atoms with van der Waals surface area (Å²) in [7, 11) is 0. The SMILES string of the molecule is Nc1noc(CCc2ccccc2)c1-c1ccncc1. The van der Waals surface area contributed by atoms with E-state index in [2.05, 4.69) is 22.3 Å². The number of anilines is 1. The topological polar surface area (TPSA) is 64.9 Å². The van der Waals surface area contributed by atoms with Gasteiger partial charge >= 0.3 is 0 Å². The fourth-order valence-electron chi connectivity index (χ4n) is 2.24. The number of benzene rings is 1. The molecule has 2 N–H and O–H groups in total. The quantitative estimate of drug-likeness (QED) is 0.787. The maximum atomic E-state index is 5.92. The van der Waals surface area contributed by atoms with Gasteiger partial charge in [0.25, 0.3) is 0 Å². The molecule has 0 fully saturated rings. The Morgan fingerprint density at radius 1 is 0.950 bits per heavy atom. The van der Waals surface area contributed by atoms with Crippen LogP contribution in [0.25, 0.3) is 11.1 Å². The Bertz CT molecular complexity index is 677. The molecule has 100 valence electrons. The van der Waals surface area contributed by atoms with Crippen molar-refractivity contribution in [2.24, 2.45) is 0 Å². The molecule has 20 heavy (non-hydrogen) atoms. The Morgan fingerprint density at radius 3 is 2.45 bits per heavy atom. The van der Waals surface area contributed by atoms with E-state index in [4.69, 9.17) is 10.3 Å². The molecule has 3 aromatic rings. The van der Waals surface area contributed by atoms with Crippen LogP contribution in [0.3, 0.4) is 0 Å². The summed E-state index contributed by atoms with van der Waals surface area (Å²) in [6.45, 7) is 0. The normalized spacial score (nSPS) is 10.6. The summed E-state index contributed by atoms with van der Waals surface area (Å²) in [6.07, 6.45) is 5.14. The molecule has 1 aromatic carbocycles. The Kier molecular flexibility index (Phi) is 3.46. The number of nitrogen functional groups attached to an aromatic ring is 1. The van der Waals surface area contributed by atoms with Crippen LogP contribution in [0, 0.1) is 0 Å². The molecule has 3 rings (SSSR count). The number of nitrogens with zero attached hydrogens (tertiary/aromatic N) is 2. The van der Waals surface area contributed by atoms with Crippen LogP contribution in [0.1, 0.15) is 11.3 Å². The van der Waals surface area contributed by atoms with E-state index in [1.807, 2.05) is 30.3 Å². The highest BCUT2D eigenvalue weighted by Gasteiger charge is 2.15. The van der Waals surface area contributed by atoms with Crippen LogP contribution in [-0.2, 0) is 12.8 Å². The van der Waals surface area contributed by atoms with Crippen molar-refractivity contribution in [3.05, 3.63) is 66.2 Å². The van der Waals surface area contributed by atoms with Gasteiger partial charge in [0.2, 0.25) is 0 Å². The maximum absolute atomic E-state index is 5.92. The van der Waals surface area contributed by atoms with E-state index in [1.165, 1.54) is 5.56 Å². The van der Waals surface area contributed by atoms with E-state index < -0.39 is 0 Å². The van der Waals surface area contributed by atoms with Gasteiger partial charge in [-0.05, 0) is 29.7 Å². The van der Waals surface area contributed by atoms with E-state index in [-0.39, 0.29) is 0 Å². The third-order valence-corrected chi connectivity index (χ3v) is 3.24. The van der Waals surface area contributed by atoms with Crippen LogP contribution in [0.15, 0.2) is 59.4 Å². The van der Waals surface area contributed by atoms with Crippen molar-refractivity contribution < 1.29 is 4.52 Å². The average molecular weight is 265 g/mol. The minimum absolute atomic E-state index is 0.430. The van der Waals surface area contributed by atoms with Gasteiger partial charge in [-0.3, -0.25) is 4.98 Å². The Hall–Kier alpha value is -2.62. The summed E-state index contributed by atoms with van der Waals surface area (Å²) < 4.78 is 5.38. The molecule has 0 amide bonds. The lowest BCUT2D eigenvalue weighted by Gasteiger charge is -2.02. The second kappa shape index (κ2) is 5.57. The van der Waals surface area contributed by atoms with Crippen LogP contribution in [-0.4, -0.2) is 10.1 Å². The van der Waals surface area contributed by atoms with Crippen molar-refractivity contribution in [2.45, 2.75) is 12.8 Å². The first-order valence-corrected chi connectivity index (χ1v) is 6.53. The lowest BCUT2D eigenvalue weighted by Crippen LogP contribution is -1.94. The summed E-state index contributed by atoms with van der Waals surface area (Å²) in [5.41, 5.74) is 9.05. The Balaban J connectivity index is 1.85. The van der Waals surface area contributed by atoms with Gasteiger partial charge in [0.1, 0.15) is 5.76 Å². The molecule has 0 aliphatic carbocycles. The first-order chi connectivity index (χ1) is 9.84. The Morgan fingerprint density at radius 2 is 1.70 bits per heavy atom. The lowest BCUT2D eigenvalue weighted by molar-refractivity contribution is 0.386. The van der Waals surface area contributed by atoms with E-state index in [9.17, 15) is 0 Å². The second-order valence-corrected chi connectivity index (χ2v) is 4.59. The van der Waals surface area contributed by atoms with E-state index in [1.54, 1.807) is 12.4 Å². The monoisotopic (exact) mass is 265 g/mol. The standard InChI is InChI=1S/C16H15N3O/c17-16-15(13-8-10-18-11-9-13)14(20-19-16)7-6-12-4-2-1-3-5-12/h1-5,8-11H,6-7H2,(H2,17,19). The zero-order chi connectivity index (χ0) is 13.8. The zero-order valence-electron chi connectivity index (χ0n) is 11.0. The molecule has 0 bridgehead atoms. The number of nitrogens with two attached hydrogens (primary N) is 1. The predicted octanol–water partition coefficient (Wildman–Crippen LogP) is 3.10. The number of rotatable bonds is 4. The number of aromatic nitrogens is 2. The van der Waals surface area contributed by atoms with Gasteiger partial charge in [-0.25, -0.2) is 0 Å². The molecular weight excluding hydrogens is 250 g/mol. The summed E-state index contributed by atoms with van der Waals surface area (Å²) in [4.78, 5) is 4.02. The van der Waals surface area contributed by atoms with Crippen molar-refractivity contribution >= 4 is 5.82 Å². The summed E-state index contributed by atoms with van der Waals surface area (Å²) in [5.74, 6) is 1.25. The van der Waals surface area contributed by atoms with Gasteiger partial charge in [-0.15, -0.1) is 0 Å². The van der Waals surface area contributed by atoms with Gasteiger partial charge < -0.3 is 10.3 Å². The van der Waals surface area contributed by atoms with Crippen molar-refractivity contribution in [2.75, 3.05) is 5.73 Å². The average Bonchev–Trinajstić information content (AvgIpc) is 2.88. The van der Waals surface area contributed by atoms with Gasteiger partial charge in [-0.1, -0.05) is 35.5 Å². The van der Waals surface area contributed by atoms with E-state index in [0.29, 0.717) is 5.82 Å². The maximum Gasteiger partial charge on any atom is 0.175 e. The lowest BCUT2D eigenvalue weighted by atomic mass is 10.0. The first-order valence-electron chi connectivity index (χ1n) is 6.53. The number of pyridine rings is 1. The molecule has 0 aliphatic heterocycles. The molecule has 0 radical (unpaired) electrons. The number of aryl methyl sites for hydroxylation is 2. The van der Waals surface area contributed by atoms with Crippen LogP contribution in [0.2, 0.25) is 0 Å². The first kappa shape index (κ1) is 12.4. The molecule has 0 aliphatic rings. The predicted molar refractivity (Wildman–Crippen MR) is 78.0 cm³/mol. The van der Waals surface area contributed by atoms with Crippen molar-refractivity contribution in [1.82, 2.24) is 10.1 Å². The highest BCUT2D eigenvalue weighted by molar-refractivity contribution is 5.75. The molecule has 0 saturated heterocycles.